The van der Waals surface area contributed by atoms with E-state index in [9.17, 15) is 4.79 Å². The van der Waals surface area contributed by atoms with E-state index in [2.05, 4.69) is 9.97 Å². The standard InChI is InChI=1S/C7H9N3O.C2H6.CH4O/c1-4-5(2)9-6(3-11)10-7(4)8;2*1-2/h3H,1-2H3,(H2,8,9,10);1-2H3;2H,1H3. The molecular formula is C10H19N3O2. The number of nitrogen functional groups attached to an aromatic ring is 1. The summed E-state index contributed by atoms with van der Waals surface area (Å²) in [5, 5.41) is 7.00. The molecule has 0 radical (unpaired) electrons. The smallest absolute Gasteiger partial charge is 0.194 e. The van der Waals surface area contributed by atoms with E-state index in [0.29, 0.717) is 12.1 Å². The first-order chi connectivity index (χ1) is 7.15. The third-order valence-electron chi connectivity index (χ3n) is 1.55. The van der Waals surface area contributed by atoms with Gasteiger partial charge in [0.1, 0.15) is 5.82 Å². The fraction of sp³-hybridized carbons (Fsp3) is 0.500. The van der Waals surface area contributed by atoms with Crippen LogP contribution in [0.25, 0.3) is 0 Å². The van der Waals surface area contributed by atoms with Crippen LogP contribution in [0.3, 0.4) is 0 Å². The Balaban J connectivity index is 0. The second kappa shape index (κ2) is 9.08. The van der Waals surface area contributed by atoms with Crippen LogP contribution in [0.5, 0.6) is 0 Å². The van der Waals surface area contributed by atoms with Crippen LogP contribution in [-0.2, 0) is 0 Å². The zero-order valence-electron chi connectivity index (χ0n) is 9.90. The van der Waals surface area contributed by atoms with Gasteiger partial charge in [-0.1, -0.05) is 13.8 Å². The van der Waals surface area contributed by atoms with Crippen molar-refractivity contribution in [3.05, 3.63) is 17.1 Å². The summed E-state index contributed by atoms with van der Waals surface area (Å²) in [4.78, 5) is 17.9. The van der Waals surface area contributed by atoms with Crippen LogP contribution >= 0.6 is 0 Å². The second-order valence-corrected chi connectivity index (χ2v) is 2.30. The lowest BCUT2D eigenvalue weighted by atomic mass is 10.2. The summed E-state index contributed by atoms with van der Waals surface area (Å²) in [5.74, 6) is 0.519. The first-order valence-electron chi connectivity index (χ1n) is 4.65. The third-order valence-corrected chi connectivity index (χ3v) is 1.55. The van der Waals surface area contributed by atoms with Crippen LogP contribution in [0.15, 0.2) is 0 Å². The molecule has 0 saturated heterocycles. The Morgan fingerprint density at radius 1 is 1.20 bits per heavy atom. The molecule has 0 atom stereocenters. The van der Waals surface area contributed by atoms with E-state index in [0.717, 1.165) is 18.4 Å². The molecule has 5 heteroatoms. The van der Waals surface area contributed by atoms with Crippen molar-refractivity contribution in [2.75, 3.05) is 12.8 Å². The highest BCUT2D eigenvalue weighted by Crippen LogP contribution is 2.09. The van der Waals surface area contributed by atoms with Crippen molar-refractivity contribution in [2.24, 2.45) is 0 Å². The number of aryl methyl sites for hydroxylation is 1. The molecule has 5 nitrogen and oxygen atoms in total. The molecule has 1 heterocycles. The average molecular weight is 213 g/mol. The van der Waals surface area contributed by atoms with Gasteiger partial charge in [0.15, 0.2) is 12.1 Å². The molecule has 0 aliphatic carbocycles. The largest absolute Gasteiger partial charge is 0.400 e. The maximum Gasteiger partial charge on any atom is 0.194 e. The van der Waals surface area contributed by atoms with Crippen molar-refractivity contribution in [2.45, 2.75) is 27.7 Å². The number of aliphatic hydroxyl groups is 1. The molecule has 0 bridgehead atoms. The third kappa shape index (κ3) is 5.07. The number of hydrogen-bond donors (Lipinski definition) is 2. The van der Waals surface area contributed by atoms with Gasteiger partial charge in [-0.15, -0.1) is 0 Å². The molecule has 15 heavy (non-hydrogen) atoms. The highest BCUT2D eigenvalue weighted by atomic mass is 16.2. The number of carbonyl (C=O) groups is 1. The minimum absolute atomic E-state index is 0.144. The molecule has 0 aromatic carbocycles. The predicted octanol–water partition coefficient (Wildman–Crippen LogP) is 1.12. The number of nitrogens with zero attached hydrogens (tertiary/aromatic N) is 2. The van der Waals surface area contributed by atoms with Crippen molar-refractivity contribution in [3.63, 3.8) is 0 Å². The minimum Gasteiger partial charge on any atom is -0.400 e. The molecule has 0 saturated carbocycles. The Morgan fingerprint density at radius 3 is 2.00 bits per heavy atom. The maximum atomic E-state index is 10.2. The first kappa shape index (κ1) is 16.0. The van der Waals surface area contributed by atoms with Gasteiger partial charge in [-0.2, -0.15) is 0 Å². The molecule has 0 spiro atoms. The topological polar surface area (TPSA) is 89.1 Å². The molecule has 0 fully saturated rings. The summed E-state index contributed by atoms with van der Waals surface area (Å²) in [6.07, 6.45) is 0.586. The number of aliphatic hydroxyl groups excluding tert-OH is 1. The maximum absolute atomic E-state index is 10.2. The Hall–Kier alpha value is -1.49. The lowest BCUT2D eigenvalue weighted by Gasteiger charge is -2.01. The molecule has 0 aliphatic rings. The number of hydrogen-bond acceptors (Lipinski definition) is 5. The van der Waals surface area contributed by atoms with Crippen molar-refractivity contribution in [1.29, 1.82) is 0 Å². The molecule has 86 valence electrons. The van der Waals surface area contributed by atoms with E-state index < -0.39 is 0 Å². The number of aromatic nitrogens is 2. The lowest BCUT2D eigenvalue weighted by Crippen LogP contribution is -2.03. The monoisotopic (exact) mass is 213 g/mol. The Labute approximate surface area is 90.4 Å². The molecule has 3 N–H and O–H groups in total. The van der Waals surface area contributed by atoms with Gasteiger partial charge >= 0.3 is 0 Å². The van der Waals surface area contributed by atoms with E-state index in [1.807, 2.05) is 20.8 Å². The number of nitrogens with two attached hydrogens (primary N) is 1. The highest BCUT2D eigenvalue weighted by molar-refractivity contribution is 5.70. The van der Waals surface area contributed by atoms with Crippen molar-refractivity contribution >= 4 is 12.1 Å². The summed E-state index contributed by atoms with van der Waals surface area (Å²) >= 11 is 0. The zero-order valence-corrected chi connectivity index (χ0v) is 9.90. The van der Waals surface area contributed by atoms with Gasteiger partial charge in [0.05, 0.1) is 0 Å². The second-order valence-electron chi connectivity index (χ2n) is 2.30. The van der Waals surface area contributed by atoms with Crippen LogP contribution in [-0.4, -0.2) is 28.5 Å². The molecule has 0 unspecified atom stereocenters. The summed E-state index contributed by atoms with van der Waals surface area (Å²) < 4.78 is 0. The van der Waals surface area contributed by atoms with E-state index in [1.165, 1.54) is 0 Å². The van der Waals surface area contributed by atoms with Gasteiger partial charge in [0.25, 0.3) is 0 Å². The molecule has 1 rings (SSSR count). The normalized spacial score (nSPS) is 7.87. The predicted molar refractivity (Wildman–Crippen MR) is 60.8 cm³/mol. The van der Waals surface area contributed by atoms with Gasteiger partial charge in [-0.05, 0) is 13.8 Å². The molecule has 1 aromatic heterocycles. The Kier molecular flexibility index (Phi) is 9.66. The van der Waals surface area contributed by atoms with Crippen molar-refractivity contribution in [1.82, 2.24) is 9.97 Å². The quantitative estimate of drug-likeness (QED) is 0.682. The van der Waals surface area contributed by atoms with Crippen LogP contribution in [0.2, 0.25) is 0 Å². The van der Waals surface area contributed by atoms with Crippen LogP contribution in [0.1, 0.15) is 35.7 Å². The highest BCUT2D eigenvalue weighted by Gasteiger charge is 2.02. The molecule has 0 aliphatic heterocycles. The van der Waals surface area contributed by atoms with E-state index in [-0.39, 0.29) is 5.82 Å². The first-order valence-corrected chi connectivity index (χ1v) is 4.65. The Morgan fingerprint density at radius 2 is 1.67 bits per heavy atom. The number of rotatable bonds is 1. The summed E-state index contributed by atoms with van der Waals surface area (Å²) in [5.41, 5.74) is 7.07. The number of aldehydes is 1. The van der Waals surface area contributed by atoms with Gasteiger partial charge in [-0.3, -0.25) is 4.79 Å². The number of anilines is 1. The van der Waals surface area contributed by atoms with E-state index >= 15 is 0 Å². The van der Waals surface area contributed by atoms with Gasteiger partial charge in [-0.25, -0.2) is 9.97 Å². The molecule has 0 amide bonds. The molecule has 1 aromatic rings. The summed E-state index contributed by atoms with van der Waals surface area (Å²) in [6, 6.07) is 0. The van der Waals surface area contributed by atoms with Crippen molar-refractivity contribution < 1.29 is 9.90 Å². The fourth-order valence-corrected chi connectivity index (χ4v) is 0.726. The van der Waals surface area contributed by atoms with Crippen molar-refractivity contribution in [3.8, 4) is 0 Å². The number of carbonyl (C=O) groups excluding carboxylic acids is 1. The van der Waals surface area contributed by atoms with Crippen LogP contribution < -0.4 is 5.73 Å². The summed E-state index contributed by atoms with van der Waals surface area (Å²) in [7, 11) is 1.00. The zero-order chi connectivity index (χ0) is 12.4. The van der Waals surface area contributed by atoms with Crippen LogP contribution in [0, 0.1) is 13.8 Å². The average Bonchev–Trinajstić information content (AvgIpc) is 2.30. The van der Waals surface area contributed by atoms with Gasteiger partial charge in [0.2, 0.25) is 0 Å². The van der Waals surface area contributed by atoms with Gasteiger partial charge < -0.3 is 10.8 Å². The van der Waals surface area contributed by atoms with E-state index in [1.54, 1.807) is 6.92 Å². The minimum atomic E-state index is 0.144. The Bertz CT molecular complexity index is 278. The lowest BCUT2D eigenvalue weighted by molar-refractivity contribution is 0.111. The summed E-state index contributed by atoms with van der Waals surface area (Å²) in [6.45, 7) is 7.61. The SMILES string of the molecule is CC.CO.Cc1nc(C=O)nc(N)c1C. The van der Waals surface area contributed by atoms with E-state index in [4.69, 9.17) is 10.8 Å². The fourth-order valence-electron chi connectivity index (χ4n) is 0.726. The van der Waals surface area contributed by atoms with Crippen LogP contribution in [0.4, 0.5) is 5.82 Å². The molecular weight excluding hydrogens is 194 g/mol. The van der Waals surface area contributed by atoms with Gasteiger partial charge in [0, 0.05) is 18.4 Å².